The maximum atomic E-state index is 12.8. The number of carbonyl (C=O) groups is 1. The summed E-state index contributed by atoms with van der Waals surface area (Å²) in [6, 6.07) is 17.1. The van der Waals surface area contributed by atoms with Crippen LogP contribution in [-0.2, 0) is 11.2 Å². The van der Waals surface area contributed by atoms with Crippen LogP contribution in [0, 0.1) is 5.92 Å². The number of nitrogens with two attached hydrogens (primary N) is 1. The second-order valence-corrected chi connectivity index (χ2v) is 5.78. The highest BCUT2D eigenvalue weighted by Gasteiger charge is 2.29. The fraction of sp³-hybridized carbons (Fsp3) is 0.278. The molecule has 0 saturated carbocycles. The van der Waals surface area contributed by atoms with Gasteiger partial charge in [0.1, 0.15) is 6.04 Å². The zero-order chi connectivity index (χ0) is 14.8. The summed E-state index contributed by atoms with van der Waals surface area (Å²) in [6.45, 7) is 2.90. The van der Waals surface area contributed by atoms with Gasteiger partial charge in [0.15, 0.2) is 0 Å². The molecule has 21 heavy (non-hydrogen) atoms. The molecule has 1 amide bonds. The standard InChI is InChI=1S/C18H20N2O/c1-13-11-15-9-5-6-10-16(15)20(12-13)18(21)17(19)14-7-3-2-4-8-14/h2-10,13,17H,11-12,19H2,1H3/t13?,17-/m1/s1. The molecule has 2 aromatic rings. The first-order chi connectivity index (χ1) is 10.2. The summed E-state index contributed by atoms with van der Waals surface area (Å²) in [5.74, 6) is 0.423. The van der Waals surface area contributed by atoms with Crippen molar-refractivity contribution in [2.75, 3.05) is 11.4 Å². The Labute approximate surface area is 125 Å². The highest BCUT2D eigenvalue weighted by molar-refractivity contribution is 5.98. The molecule has 2 N–H and O–H groups in total. The van der Waals surface area contributed by atoms with E-state index in [2.05, 4.69) is 13.0 Å². The molecule has 0 radical (unpaired) electrons. The minimum Gasteiger partial charge on any atom is -0.316 e. The summed E-state index contributed by atoms with van der Waals surface area (Å²) in [4.78, 5) is 14.7. The summed E-state index contributed by atoms with van der Waals surface area (Å²) in [5.41, 5.74) is 9.27. The van der Waals surface area contributed by atoms with Gasteiger partial charge in [-0.1, -0.05) is 55.5 Å². The van der Waals surface area contributed by atoms with Crippen LogP contribution in [0.5, 0.6) is 0 Å². The lowest BCUT2D eigenvalue weighted by molar-refractivity contribution is -0.120. The van der Waals surface area contributed by atoms with E-state index in [1.54, 1.807) is 0 Å². The molecule has 1 aliphatic rings. The molecule has 0 fully saturated rings. The Morgan fingerprint density at radius 2 is 1.81 bits per heavy atom. The summed E-state index contributed by atoms with van der Waals surface area (Å²) in [7, 11) is 0. The van der Waals surface area contributed by atoms with Crippen LogP contribution in [0.25, 0.3) is 0 Å². The third-order valence-electron chi connectivity index (χ3n) is 4.04. The second kappa shape index (κ2) is 5.70. The number of carbonyl (C=O) groups excluding carboxylic acids is 1. The monoisotopic (exact) mass is 280 g/mol. The van der Waals surface area contributed by atoms with Crippen LogP contribution < -0.4 is 10.6 Å². The minimum absolute atomic E-state index is 0.0276. The molecule has 1 heterocycles. The fourth-order valence-electron chi connectivity index (χ4n) is 2.98. The quantitative estimate of drug-likeness (QED) is 0.919. The average Bonchev–Trinajstić information content (AvgIpc) is 2.53. The van der Waals surface area contributed by atoms with Crippen molar-refractivity contribution in [2.45, 2.75) is 19.4 Å². The van der Waals surface area contributed by atoms with E-state index in [9.17, 15) is 4.79 Å². The van der Waals surface area contributed by atoms with Gasteiger partial charge in [0.25, 0.3) is 0 Å². The molecule has 3 heteroatoms. The Morgan fingerprint density at radius 1 is 1.14 bits per heavy atom. The smallest absolute Gasteiger partial charge is 0.248 e. The van der Waals surface area contributed by atoms with Gasteiger partial charge >= 0.3 is 0 Å². The van der Waals surface area contributed by atoms with Gasteiger partial charge in [0.2, 0.25) is 5.91 Å². The van der Waals surface area contributed by atoms with Crippen molar-refractivity contribution < 1.29 is 4.79 Å². The number of fused-ring (bicyclic) bond motifs is 1. The van der Waals surface area contributed by atoms with Crippen molar-refractivity contribution >= 4 is 11.6 Å². The molecule has 3 rings (SSSR count). The molecular weight excluding hydrogens is 260 g/mol. The Bertz CT molecular complexity index is 639. The topological polar surface area (TPSA) is 46.3 Å². The maximum Gasteiger partial charge on any atom is 0.248 e. The van der Waals surface area contributed by atoms with E-state index >= 15 is 0 Å². The van der Waals surface area contributed by atoms with Crippen LogP contribution in [0.4, 0.5) is 5.69 Å². The molecule has 3 nitrogen and oxygen atoms in total. The number of anilines is 1. The number of nitrogens with zero attached hydrogens (tertiary/aromatic N) is 1. The van der Waals surface area contributed by atoms with Gasteiger partial charge in [-0.2, -0.15) is 0 Å². The van der Waals surface area contributed by atoms with Crippen molar-refractivity contribution in [1.29, 1.82) is 0 Å². The van der Waals surface area contributed by atoms with E-state index in [1.807, 2.05) is 53.4 Å². The number of rotatable bonds is 2. The van der Waals surface area contributed by atoms with E-state index in [0.717, 1.165) is 24.2 Å². The molecule has 108 valence electrons. The zero-order valence-corrected chi connectivity index (χ0v) is 12.2. The predicted molar refractivity (Wildman–Crippen MR) is 85.0 cm³/mol. The SMILES string of the molecule is CC1Cc2ccccc2N(C(=O)[C@H](N)c2ccccc2)C1. The van der Waals surface area contributed by atoms with Crippen molar-refractivity contribution in [3.63, 3.8) is 0 Å². The number of hydrogen-bond donors (Lipinski definition) is 1. The van der Waals surface area contributed by atoms with Crippen molar-refractivity contribution in [3.8, 4) is 0 Å². The summed E-state index contributed by atoms with van der Waals surface area (Å²) in [6.07, 6.45) is 1.01. The molecular formula is C18H20N2O. The van der Waals surface area contributed by atoms with E-state index in [4.69, 9.17) is 5.73 Å². The fourth-order valence-corrected chi connectivity index (χ4v) is 2.98. The van der Waals surface area contributed by atoms with Crippen LogP contribution in [0.2, 0.25) is 0 Å². The van der Waals surface area contributed by atoms with E-state index in [0.29, 0.717) is 5.92 Å². The molecule has 0 aromatic heterocycles. The summed E-state index contributed by atoms with van der Waals surface area (Å²) in [5, 5.41) is 0. The number of amides is 1. The first-order valence-electron chi connectivity index (χ1n) is 7.36. The van der Waals surface area contributed by atoms with Crippen LogP contribution in [0.3, 0.4) is 0 Å². The molecule has 1 unspecified atom stereocenters. The lowest BCUT2D eigenvalue weighted by Crippen LogP contribution is -2.44. The van der Waals surface area contributed by atoms with Crippen molar-refractivity contribution in [1.82, 2.24) is 0 Å². The zero-order valence-electron chi connectivity index (χ0n) is 12.2. The largest absolute Gasteiger partial charge is 0.316 e. The first kappa shape index (κ1) is 13.8. The number of hydrogen-bond acceptors (Lipinski definition) is 2. The predicted octanol–water partition coefficient (Wildman–Crippen LogP) is 2.91. The highest BCUT2D eigenvalue weighted by atomic mass is 16.2. The number of para-hydroxylation sites is 1. The summed E-state index contributed by atoms with van der Waals surface area (Å²) < 4.78 is 0. The van der Waals surface area contributed by atoms with Crippen LogP contribution in [0.15, 0.2) is 54.6 Å². The Hall–Kier alpha value is -2.13. The van der Waals surface area contributed by atoms with Gasteiger partial charge in [-0.05, 0) is 29.5 Å². The first-order valence-corrected chi connectivity index (χ1v) is 7.36. The Balaban J connectivity index is 1.91. The lowest BCUT2D eigenvalue weighted by Gasteiger charge is -2.34. The number of benzene rings is 2. The van der Waals surface area contributed by atoms with Crippen LogP contribution >= 0.6 is 0 Å². The minimum atomic E-state index is -0.607. The van der Waals surface area contributed by atoms with E-state index < -0.39 is 6.04 Å². The maximum absolute atomic E-state index is 12.8. The van der Waals surface area contributed by atoms with E-state index in [-0.39, 0.29) is 5.91 Å². The highest BCUT2D eigenvalue weighted by Crippen LogP contribution is 2.31. The molecule has 2 aromatic carbocycles. The Kier molecular flexibility index (Phi) is 3.76. The van der Waals surface area contributed by atoms with Gasteiger partial charge < -0.3 is 10.6 Å². The third-order valence-corrected chi connectivity index (χ3v) is 4.04. The van der Waals surface area contributed by atoms with Gasteiger partial charge in [0, 0.05) is 12.2 Å². The van der Waals surface area contributed by atoms with Crippen molar-refractivity contribution in [2.24, 2.45) is 11.7 Å². The van der Waals surface area contributed by atoms with Crippen LogP contribution in [-0.4, -0.2) is 12.5 Å². The normalized spacial score (nSPS) is 19.0. The summed E-state index contributed by atoms with van der Waals surface area (Å²) >= 11 is 0. The van der Waals surface area contributed by atoms with Crippen LogP contribution in [0.1, 0.15) is 24.1 Å². The molecule has 0 aliphatic carbocycles. The van der Waals surface area contributed by atoms with Gasteiger partial charge in [0.05, 0.1) is 0 Å². The van der Waals surface area contributed by atoms with E-state index in [1.165, 1.54) is 5.56 Å². The molecule has 2 atom stereocenters. The molecule has 0 spiro atoms. The lowest BCUT2D eigenvalue weighted by atomic mass is 9.93. The molecule has 0 bridgehead atoms. The third kappa shape index (κ3) is 2.69. The van der Waals surface area contributed by atoms with Gasteiger partial charge in [-0.25, -0.2) is 0 Å². The van der Waals surface area contributed by atoms with Crippen molar-refractivity contribution in [3.05, 3.63) is 65.7 Å². The second-order valence-electron chi connectivity index (χ2n) is 5.78. The molecule has 1 aliphatic heterocycles. The average molecular weight is 280 g/mol. The molecule has 0 saturated heterocycles. The Morgan fingerprint density at radius 3 is 2.57 bits per heavy atom. The van der Waals surface area contributed by atoms with Gasteiger partial charge in [-0.3, -0.25) is 4.79 Å². The van der Waals surface area contributed by atoms with Gasteiger partial charge in [-0.15, -0.1) is 0 Å².